The molecule has 120 valence electrons. The fourth-order valence-electron chi connectivity index (χ4n) is 1.95. The minimum atomic E-state index is -3.81. The molecule has 6 heteroatoms. The molecule has 0 saturated carbocycles. The van der Waals surface area contributed by atoms with E-state index in [1.807, 2.05) is 0 Å². The van der Waals surface area contributed by atoms with Crippen LogP contribution in [0, 0.1) is 5.89 Å². The Bertz CT molecular complexity index is 940. The molecule has 5 nitrogen and oxygen atoms in total. The molecule has 22 heavy (non-hydrogen) atoms. The lowest BCUT2D eigenvalue weighted by atomic mass is 9.85. The van der Waals surface area contributed by atoms with Crippen molar-refractivity contribution < 1.29 is 25.8 Å². The van der Waals surface area contributed by atoms with E-state index in [-0.39, 0.29) is 10.5 Å². The van der Waals surface area contributed by atoms with E-state index in [0.29, 0.717) is 0 Å². The first kappa shape index (κ1) is 6.77. The summed E-state index contributed by atoms with van der Waals surface area (Å²) in [5, 5.41) is 0. The zero-order chi connectivity index (χ0) is 26.6. The van der Waals surface area contributed by atoms with Crippen molar-refractivity contribution >= 4 is 18.5 Å². The highest BCUT2D eigenvalue weighted by Crippen LogP contribution is 2.36. The quantitative estimate of drug-likeness (QED) is 0.781. The van der Waals surface area contributed by atoms with Gasteiger partial charge in [0.2, 0.25) is 0 Å². The molecular weight excluding hydrogens is 277 g/mol. The van der Waals surface area contributed by atoms with E-state index < -0.39 is 62.6 Å². The third-order valence-corrected chi connectivity index (χ3v) is 3.95. The van der Waals surface area contributed by atoms with E-state index in [0.717, 1.165) is 6.20 Å². The van der Waals surface area contributed by atoms with E-state index in [4.69, 9.17) is 25.8 Å². The Morgan fingerprint density at radius 1 is 1.27 bits per heavy atom. The van der Waals surface area contributed by atoms with Gasteiger partial charge < -0.3 is 14.2 Å². The summed E-state index contributed by atoms with van der Waals surface area (Å²) in [6.07, 6.45) is -5.35. The lowest BCUT2D eigenvalue weighted by Crippen LogP contribution is -2.41. The molecular formula is C16H26BN3O2. The van der Waals surface area contributed by atoms with E-state index in [1.54, 1.807) is 27.7 Å². The molecule has 0 spiro atoms. The lowest BCUT2D eigenvalue weighted by Gasteiger charge is -2.32. The second-order valence-electron chi connectivity index (χ2n) is 6.07. The van der Waals surface area contributed by atoms with E-state index in [1.165, 1.54) is 6.20 Å². The van der Waals surface area contributed by atoms with Crippen molar-refractivity contribution in [1.29, 1.82) is 0 Å². The normalized spacial score (nSPS) is 44.0. The molecule has 0 N–H and O–H groups in total. The van der Waals surface area contributed by atoms with Crippen molar-refractivity contribution in [1.82, 2.24) is 9.97 Å². The van der Waals surface area contributed by atoms with Gasteiger partial charge in [-0.15, -0.1) is 0 Å². The summed E-state index contributed by atoms with van der Waals surface area (Å²) in [5.74, 6) is -4.43. The molecule has 0 radical (unpaired) electrons. The monoisotopic (exact) mass is 315 g/mol. The largest absolute Gasteiger partial charge is 0.516 e. The number of piperidine rings is 1. The zero-order valence-electron chi connectivity index (χ0n) is 24.9. The van der Waals surface area contributed by atoms with Gasteiger partial charge in [-0.05, 0) is 46.3 Å². The summed E-state index contributed by atoms with van der Waals surface area (Å²) in [6.45, 7) is -3.70. The predicted octanol–water partition coefficient (Wildman–Crippen LogP) is 2.01. The van der Waals surface area contributed by atoms with Crippen molar-refractivity contribution in [3.63, 3.8) is 0 Å². The molecule has 0 aliphatic carbocycles. The number of aromatic nitrogens is 2. The van der Waals surface area contributed by atoms with Gasteiger partial charge in [0.05, 0.1) is 23.0 Å². The van der Waals surface area contributed by atoms with Crippen LogP contribution in [0.2, 0.25) is 0 Å². The molecule has 2 saturated heterocycles. The number of nitrogens with zero attached hydrogens (tertiary/aromatic N) is 3. The second-order valence-corrected chi connectivity index (χ2v) is 6.07. The minimum absolute atomic E-state index is 0.0117. The fourth-order valence-corrected chi connectivity index (χ4v) is 1.95. The number of rotatable bonds is 2. The Hall–Kier alpha value is -1.14. The minimum Gasteiger partial charge on any atom is -0.398 e. The Balaban J connectivity index is 2.19. The molecule has 0 atom stereocenters. The van der Waals surface area contributed by atoms with Gasteiger partial charge in [0.1, 0.15) is 5.82 Å². The van der Waals surface area contributed by atoms with Crippen LogP contribution in [0.5, 0.6) is 0 Å². The molecule has 0 amide bonds. The molecule has 1 aromatic rings. The molecule has 1 aromatic heterocycles. The highest BCUT2D eigenvalue weighted by Gasteiger charge is 2.52. The van der Waals surface area contributed by atoms with Crippen LogP contribution in [0.1, 0.15) is 63.7 Å². The zero-order valence-corrected chi connectivity index (χ0v) is 12.9. The van der Waals surface area contributed by atoms with Crippen LogP contribution in [0.25, 0.3) is 0 Å². The predicted molar refractivity (Wildman–Crippen MR) is 88.4 cm³/mol. The maximum atomic E-state index is 8.41. The van der Waals surface area contributed by atoms with Gasteiger partial charge in [0, 0.05) is 35.6 Å². The SMILES string of the molecule is [2H]C([2H])([2H])C1([2H])C([2H])([2H])C([2H])([2H])N(c2cncc(B3OC(C)(C)C(C)(C)O3)n2)C([2H])([2H])C1([2H])[2H]. The van der Waals surface area contributed by atoms with Crippen molar-refractivity contribution in [2.45, 2.75) is 58.5 Å². The standard InChI is InChI=1S/C16H26BN3O2/c1-12-6-8-20(9-7-12)14-11-18-10-13(19-14)17-21-15(2,3)16(4,5)22-17/h10-12H,6-9H2,1-5H3/i1D3,6D2,7D2,8D2,9D2,12D. The van der Waals surface area contributed by atoms with Gasteiger partial charge in [-0.1, -0.05) is 6.85 Å². The van der Waals surface area contributed by atoms with Gasteiger partial charge in [-0.3, -0.25) is 4.98 Å². The molecule has 3 heterocycles. The average molecular weight is 315 g/mol. The Labute approximate surface area is 150 Å². The first-order valence-corrected chi connectivity index (χ1v) is 6.88. The first-order chi connectivity index (χ1) is 14.9. The Morgan fingerprint density at radius 2 is 1.91 bits per heavy atom. The van der Waals surface area contributed by atoms with Crippen molar-refractivity contribution in [2.75, 3.05) is 17.9 Å². The number of anilines is 1. The summed E-state index contributed by atoms with van der Waals surface area (Å²) < 4.78 is 110. The van der Waals surface area contributed by atoms with Crippen molar-refractivity contribution in [3.05, 3.63) is 12.4 Å². The molecule has 2 aliphatic heterocycles. The van der Waals surface area contributed by atoms with Gasteiger partial charge in [0.15, 0.2) is 0 Å². The van der Waals surface area contributed by atoms with Crippen molar-refractivity contribution in [3.8, 4) is 0 Å². The van der Waals surface area contributed by atoms with Gasteiger partial charge in [-0.25, -0.2) is 4.98 Å². The summed E-state index contributed by atoms with van der Waals surface area (Å²) in [6, 6.07) is 0. The summed E-state index contributed by atoms with van der Waals surface area (Å²) >= 11 is 0. The molecule has 2 fully saturated rings. The fraction of sp³-hybridized carbons (Fsp3) is 0.750. The van der Waals surface area contributed by atoms with E-state index >= 15 is 0 Å². The van der Waals surface area contributed by atoms with Gasteiger partial charge in [0.25, 0.3) is 0 Å². The van der Waals surface area contributed by atoms with Crippen molar-refractivity contribution in [2.24, 2.45) is 5.89 Å². The average Bonchev–Trinajstić information content (AvgIpc) is 2.86. The summed E-state index contributed by atoms with van der Waals surface area (Å²) in [5.41, 5.74) is -1.56. The first-order valence-electron chi connectivity index (χ1n) is 12.9. The molecule has 0 unspecified atom stereocenters. The molecule has 0 bridgehead atoms. The summed E-state index contributed by atoms with van der Waals surface area (Å²) in [7, 11) is -1.09. The van der Waals surface area contributed by atoms with Crippen LogP contribution >= 0.6 is 0 Å². The van der Waals surface area contributed by atoms with Crippen LogP contribution in [0.15, 0.2) is 12.4 Å². The third-order valence-electron chi connectivity index (χ3n) is 3.95. The Morgan fingerprint density at radius 3 is 2.50 bits per heavy atom. The maximum Gasteiger partial charge on any atom is 0.516 e. The highest BCUT2D eigenvalue weighted by molar-refractivity contribution is 6.61. The van der Waals surface area contributed by atoms with Crippen LogP contribution in [0.3, 0.4) is 0 Å². The summed E-state index contributed by atoms with van der Waals surface area (Å²) in [4.78, 5) is 8.12. The van der Waals surface area contributed by atoms with E-state index in [9.17, 15) is 0 Å². The Kier molecular flexibility index (Phi) is 1.69. The van der Waals surface area contributed by atoms with Crippen LogP contribution in [-0.2, 0) is 9.31 Å². The molecule has 0 aromatic carbocycles. The lowest BCUT2D eigenvalue weighted by molar-refractivity contribution is 0.00578. The number of hydrogen-bond donors (Lipinski definition) is 0. The van der Waals surface area contributed by atoms with Crippen LogP contribution in [-0.4, -0.2) is 41.3 Å². The smallest absolute Gasteiger partial charge is 0.398 e. The maximum absolute atomic E-state index is 8.41. The third kappa shape index (κ3) is 2.86. The second kappa shape index (κ2) is 5.50. The van der Waals surface area contributed by atoms with Gasteiger partial charge in [-0.2, -0.15) is 0 Å². The molecule has 3 rings (SSSR count). The van der Waals surface area contributed by atoms with Crippen LogP contribution in [0.4, 0.5) is 5.82 Å². The molecule has 2 aliphatic rings. The number of hydrogen-bond acceptors (Lipinski definition) is 5. The topological polar surface area (TPSA) is 47.5 Å². The van der Waals surface area contributed by atoms with Crippen LogP contribution < -0.4 is 10.5 Å². The highest BCUT2D eigenvalue weighted by atomic mass is 16.7. The van der Waals surface area contributed by atoms with E-state index in [2.05, 4.69) is 9.97 Å². The van der Waals surface area contributed by atoms with Gasteiger partial charge >= 0.3 is 7.12 Å².